The van der Waals surface area contributed by atoms with Crippen LogP contribution in [0.3, 0.4) is 0 Å². The first-order valence-electron chi connectivity index (χ1n) is 5.87. The third-order valence-electron chi connectivity index (χ3n) is 2.92. The number of carbonyl (C=O) groups is 2. The molecule has 0 spiro atoms. The maximum absolute atomic E-state index is 11.5. The Balaban J connectivity index is 2.76. The van der Waals surface area contributed by atoms with Crippen molar-refractivity contribution in [3.8, 4) is 5.75 Å². The van der Waals surface area contributed by atoms with Gasteiger partial charge in [0.1, 0.15) is 5.75 Å². The van der Waals surface area contributed by atoms with Gasteiger partial charge in [0.15, 0.2) is 0 Å². The minimum absolute atomic E-state index is 0.0301. The minimum Gasteiger partial charge on any atom is -0.497 e. The van der Waals surface area contributed by atoms with Gasteiger partial charge in [-0.2, -0.15) is 0 Å². The summed E-state index contributed by atoms with van der Waals surface area (Å²) >= 11 is 0. The fraction of sp³-hybridized carbons (Fsp3) is 0.429. The fourth-order valence-electron chi connectivity index (χ4n) is 1.79. The molecular weight excluding hydrogens is 232 g/mol. The molecule has 0 aliphatic carbocycles. The molecule has 4 nitrogen and oxygen atoms in total. The van der Waals surface area contributed by atoms with Crippen molar-refractivity contribution < 1.29 is 19.1 Å². The zero-order chi connectivity index (χ0) is 13.5. The number of benzene rings is 1. The van der Waals surface area contributed by atoms with Crippen LogP contribution in [0, 0.1) is 0 Å². The first-order chi connectivity index (χ1) is 8.62. The number of Topliss-reactive ketones (excluding diaryl/α,β-unsaturated/α-hetero) is 1. The molecule has 0 N–H and O–H groups in total. The Morgan fingerprint density at radius 2 is 1.78 bits per heavy atom. The van der Waals surface area contributed by atoms with Gasteiger partial charge in [-0.25, -0.2) is 4.79 Å². The SMILES string of the molecule is CCC(CC(=O)C(=O)OC)c1ccc(OC)cc1. The van der Waals surface area contributed by atoms with Crippen LogP contribution in [0.1, 0.15) is 31.2 Å². The number of ether oxygens (including phenoxy) is 2. The molecule has 1 aromatic rings. The molecule has 0 amide bonds. The summed E-state index contributed by atoms with van der Waals surface area (Å²) in [4.78, 5) is 22.6. The molecule has 0 bridgehead atoms. The van der Waals surface area contributed by atoms with Gasteiger partial charge in [0.2, 0.25) is 5.78 Å². The lowest BCUT2D eigenvalue weighted by Crippen LogP contribution is -2.18. The van der Waals surface area contributed by atoms with E-state index in [1.807, 2.05) is 31.2 Å². The third kappa shape index (κ3) is 3.58. The van der Waals surface area contributed by atoms with Crippen molar-refractivity contribution in [1.29, 1.82) is 0 Å². The lowest BCUT2D eigenvalue weighted by Gasteiger charge is -2.14. The van der Waals surface area contributed by atoms with Gasteiger partial charge in [0, 0.05) is 6.42 Å². The van der Waals surface area contributed by atoms with Crippen molar-refractivity contribution in [3.05, 3.63) is 29.8 Å². The lowest BCUT2D eigenvalue weighted by atomic mass is 9.91. The summed E-state index contributed by atoms with van der Waals surface area (Å²) in [5, 5.41) is 0. The van der Waals surface area contributed by atoms with Crippen LogP contribution in [0.5, 0.6) is 5.75 Å². The zero-order valence-corrected chi connectivity index (χ0v) is 10.9. The van der Waals surface area contributed by atoms with Crippen molar-refractivity contribution >= 4 is 11.8 Å². The molecule has 18 heavy (non-hydrogen) atoms. The fourth-order valence-corrected chi connectivity index (χ4v) is 1.79. The lowest BCUT2D eigenvalue weighted by molar-refractivity contribution is -0.151. The highest BCUT2D eigenvalue weighted by molar-refractivity contribution is 6.33. The van der Waals surface area contributed by atoms with Crippen molar-refractivity contribution in [2.75, 3.05) is 14.2 Å². The van der Waals surface area contributed by atoms with E-state index in [9.17, 15) is 9.59 Å². The van der Waals surface area contributed by atoms with Crippen LogP contribution in [0.15, 0.2) is 24.3 Å². The number of ketones is 1. The van der Waals surface area contributed by atoms with Crippen LogP contribution in [-0.4, -0.2) is 26.0 Å². The van der Waals surface area contributed by atoms with E-state index in [0.717, 1.165) is 17.7 Å². The van der Waals surface area contributed by atoms with Gasteiger partial charge in [-0.1, -0.05) is 19.1 Å². The Bertz CT molecular complexity index is 408. The molecule has 0 heterocycles. The number of rotatable bonds is 6. The summed E-state index contributed by atoms with van der Waals surface area (Å²) < 4.78 is 9.50. The minimum atomic E-state index is -0.776. The Hall–Kier alpha value is -1.84. The van der Waals surface area contributed by atoms with E-state index < -0.39 is 11.8 Å². The van der Waals surface area contributed by atoms with Crippen LogP contribution < -0.4 is 4.74 Å². The van der Waals surface area contributed by atoms with Crippen LogP contribution >= 0.6 is 0 Å². The summed E-state index contributed by atoms with van der Waals surface area (Å²) in [6, 6.07) is 7.52. The molecule has 1 rings (SSSR count). The van der Waals surface area contributed by atoms with E-state index in [-0.39, 0.29) is 12.3 Å². The average molecular weight is 250 g/mol. The third-order valence-corrected chi connectivity index (χ3v) is 2.92. The second-order valence-electron chi connectivity index (χ2n) is 4.00. The smallest absolute Gasteiger partial charge is 0.374 e. The number of esters is 1. The van der Waals surface area contributed by atoms with Gasteiger partial charge in [-0.3, -0.25) is 4.79 Å². The molecule has 0 aliphatic heterocycles. The van der Waals surface area contributed by atoms with E-state index in [1.54, 1.807) is 7.11 Å². The number of hydrogen-bond donors (Lipinski definition) is 0. The molecule has 1 aromatic carbocycles. The molecule has 1 unspecified atom stereocenters. The van der Waals surface area contributed by atoms with Crippen molar-refractivity contribution in [3.63, 3.8) is 0 Å². The molecule has 0 aliphatic rings. The monoisotopic (exact) mass is 250 g/mol. The van der Waals surface area contributed by atoms with E-state index in [1.165, 1.54) is 7.11 Å². The van der Waals surface area contributed by atoms with Crippen LogP contribution in [-0.2, 0) is 14.3 Å². The van der Waals surface area contributed by atoms with Crippen molar-refractivity contribution in [1.82, 2.24) is 0 Å². The quantitative estimate of drug-likeness (QED) is 0.574. The Kier molecular flexibility index (Phi) is 5.36. The highest BCUT2D eigenvalue weighted by Crippen LogP contribution is 2.25. The highest BCUT2D eigenvalue weighted by Gasteiger charge is 2.20. The molecule has 1 atom stereocenters. The van der Waals surface area contributed by atoms with E-state index in [2.05, 4.69) is 4.74 Å². The molecule has 0 aromatic heterocycles. The first-order valence-corrected chi connectivity index (χ1v) is 5.87. The summed E-state index contributed by atoms with van der Waals surface area (Å²) in [5.74, 6) is -0.461. The number of carbonyl (C=O) groups excluding carboxylic acids is 2. The van der Waals surface area contributed by atoms with Crippen molar-refractivity contribution in [2.24, 2.45) is 0 Å². The molecule has 4 heteroatoms. The number of methoxy groups -OCH3 is 2. The largest absolute Gasteiger partial charge is 0.497 e. The topological polar surface area (TPSA) is 52.6 Å². The van der Waals surface area contributed by atoms with Gasteiger partial charge in [0.25, 0.3) is 0 Å². The summed E-state index contributed by atoms with van der Waals surface area (Å²) in [7, 11) is 2.82. The maximum atomic E-state index is 11.5. The van der Waals surface area contributed by atoms with Gasteiger partial charge in [-0.05, 0) is 30.0 Å². The van der Waals surface area contributed by atoms with Crippen LogP contribution in [0.4, 0.5) is 0 Å². The first kappa shape index (κ1) is 14.2. The highest BCUT2D eigenvalue weighted by atomic mass is 16.5. The molecule has 0 radical (unpaired) electrons. The number of hydrogen-bond acceptors (Lipinski definition) is 4. The second-order valence-corrected chi connectivity index (χ2v) is 4.00. The Labute approximate surface area is 107 Å². The van der Waals surface area contributed by atoms with E-state index in [4.69, 9.17) is 4.74 Å². The van der Waals surface area contributed by atoms with Crippen LogP contribution in [0.2, 0.25) is 0 Å². The summed E-state index contributed by atoms with van der Waals surface area (Å²) in [6.07, 6.45) is 0.963. The van der Waals surface area contributed by atoms with E-state index >= 15 is 0 Å². The predicted octanol–water partition coefficient (Wildman–Crippen LogP) is 2.32. The van der Waals surface area contributed by atoms with Crippen molar-refractivity contribution in [2.45, 2.75) is 25.7 Å². The standard InChI is InChI=1S/C14H18O4/c1-4-10(9-13(15)14(16)18-3)11-5-7-12(17-2)8-6-11/h5-8,10H,4,9H2,1-3H3. The normalized spacial score (nSPS) is 11.7. The average Bonchev–Trinajstić information content (AvgIpc) is 2.43. The molecule has 98 valence electrons. The summed E-state index contributed by atoms with van der Waals surface area (Å²) in [6.45, 7) is 1.99. The van der Waals surface area contributed by atoms with Crippen LogP contribution in [0.25, 0.3) is 0 Å². The van der Waals surface area contributed by atoms with Gasteiger partial charge in [0.05, 0.1) is 14.2 Å². The molecular formula is C14H18O4. The second kappa shape index (κ2) is 6.79. The van der Waals surface area contributed by atoms with Gasteiger partial charge >= 0.3 is 5.97 Å². The van der Waals surface area contributed by atoms with E-state index in [0.29, 0.717) is 0 Å². The molecule has 0 saturated heterocycles. The molecule has 0 saturated carbocycles. The Morgan fingerprint density at radius 3 is 2.22 bits per heavy atom. The molecule has 0 fully saturated rings. The van der Waals surface area contributed by atoms with Gasteiger partial charge in [-0.15, -0.1) is 0 Å². The van der Waals surface area contributed by atoms with Gasteiger partial charge < -0.3 is 9.47 Å². The predicted molar refractivity (Wildman–Crippen MR) is 67.7 cm³/mol. The Morgan fingerprint density at radius 1 is 1.17 bits per heavy atom. The summed E-state index contributed by atoms with van der Waals surface area (Å²) in [5.41, 5.74) is 1.02. The zero-order valence-electron chi connectivity index (χ0n) is 10.9. The maximum Gasteiger partial charge on any atom is 0.374 e.